The molecule has 84 valence electrons. The standard InChI is InChI=1S/C11H20N4/c1-9-7-12-11(13-9)14-10(2)8-15-5-3-4-6-15/h7,10H,3-6,8H2,1-2H3,(H2,12,13,14). The number of aryl methyl sites for hydroxylation is 1. The SMILES string of the molecule is Cc1cnc(NC(C)CN2CCCC2)[nH]1. The van der Waals surface area contributed by atoms with E-state index in [2.05, 4.69) is 27.1 Å². The van der Waals surface area contributed by atoms with Crippen LogP contribution >= 0.6 is 0 Å². The number of rotatable bonds is 4. The second kappa shape index (κ2) is 4.66. The van der Waals surface area contributed by atoms with Gasteiger partial charge in [0.25, 0.3) is 0 Å². The zero-order valence-corrected chi connectivity index (χ0v) is 9.58. The summed E-state index contributed by atoms with van der Waals surface area (Å²) in [6.45, 7) is 7.84. The minimum absolute atomic E-state index is 0.452. The molecule has 1 aromatic heterocycles. The fourth-order valence-corrected chi connectivity index (χ4v) is 2.12. The van der Waals surface area contributed by atoms with E-state index >= 15 is 0 Å². The fourth-order valence-electron chi connectivity index (χ4n) is 2.12. The van der Waals surface area contributed by atoms with E-state index in [9.17, 15) is 0 Å². The number of aromatic nitrogens is 2. The molecule has 2 heterocycles. The highest BCUT2D eigenvalue weighted by Crippen LogP contribution is 2.09. The van der Waals surface area contributed by atoms with Gasteiger partial charge in [0.2, 0.25) is 5.95 Å². The van der Waals surface area contributed by atoms with Crippen molar-refractivity contribution in [1.29, 1.82) is 0 Å². The molecule has 4 nitrogen and oxygen atoms in total. The molecule has 0 aromatic carbocycles. The van der Waals surface area contributed by atoms with Crippen LogP contribution in [0, 0.1) is 6.92 Å². The summed E-state index contributed by atoms with van der Waals surface area (Å²) in [6.07, 6.45) is 4.56. The molecule has 1 aliphatic rings. The third kappa shape index (κ3) is 2.96. The van der Waals surface area contributed by atoms with Crippen molar-refractivity contribution in [3.05, 3.63) is 11.9 Å². The van der Waals surface area contributed by atoms with Crippen LogP contribution in [-0.4, -0.2) is 40.5 Å². The molecule has 0 bridgehead atoms. The largest absolute Gasteiger partial charge is 0.352 e. The lowest BCUT2D eigenvalue weighted by Crippen LogP contribution is -2.33. The van der Waals surface area contributed by atoms with Gasteiger partial charge in [-0.1, -0.05) is 0 Å². The van der Waals surface area contributed by atoms with Crippen molar-refractivity contribution in [2.45, 2.75) is 32.7 Å². The van der Waals surface area contributed by atoms with Crippen LogP contribution in [0.25, 0.3) is 0 Å². The van der Waals surface area contributed by atoms with Gasteiger partial charge in [0, 0.05) is 24.5 Å². The first-order chi connectivity index (χ1) is 7.24. The van der Waals surface area contributed by atoms with E-state index in [1.54, 1.807) is 0 Å². The van der Waals surface area contributed by atoms with E-state index < -0.39 is 0 Å². The number of nitrogens with zero attached hydrogens (tertiary/aromatic N) is 2. The second-order valence-electron chi connectivity index (χ2n) is 4.47. The minimum atomic E-state index is 0.452. The smallest absolute Gasteiger partial charge is 0.200 e. The van der Waals surface area contributed by atoms with Gasteiger partial charge in [-0.25, -0.2) is 4.98 Å². The first-order valence-electron chi connectivity index (χ1n) is 5.74. The maximum absolute atomic E-state index is 4.25. The summed E-state index contributed by atoms with van der Waals surface area (Å²) in [4.78, 5) is 9.94. The second-order valence-corrected chi connectivity index (χ2v) is 4.47. The van der Waals surface area contributed by atoms with Gasteiger partial charge in [0.1, 0.15) is 0 Å². The molecule has 1 fully saturated rings. The van der Waals surface area contributed by atoms with Gasteiger partial charge in [-0.05, 0) is 39.8 Å². The number of hydrogen-bond acceptors (Lipinski definition) is 3. The Hall–Kier alpha value is -1.03. The summed E-state index contributed by atoms with van der Waals surface area (Å²) in [5.74, 6) is 0.888. The number of imidazole rings is 1. The first kappa shape index (κ1) is 10.5. The van der Waals surface area contributed by atoms with Gasteiger partial charge in [-0.2, -0.15) is 0 Å². The summed E-state index contributed by atoms with van der Waals surface area (Å²) >= 11 is 0. The van der Waals surface area contributed by atoms with E-state index in [0.717, 1.165) is 18.2 Å². The molecule has 0 spiro atoms. The average Bonchev–Trinajstić information content (AvgIpc) is 2.77. The molecule has 0 saturated carbocycles. The molecule has 2 rings (SSSR count). The minimum Gasteiger partial charge on any atom is -0.352 e. The van der Waals surface area contributed by atoms with Crippen LogP contribution in [0.4, 0.5) is 5.95 Å². The molecule has 1 aliphatic heterocycles. The van der Waals surface area contributed by atoms with Gasteiger partial charge < -0.3 is 15.2 Å². The Balaban J connectivity index is 1.78. The molecular weight excluding hydrogens is 188 g/mol. The van der Waals surface area contributed by atoms with Crippen LogP contribution in [-0.2, 0) is 0 Å². The number of H-pyrrole nitrogens is 1. The van der Waals surface area contributed by atoms with Crippen molar-refractivity contribution in [3.8, 4) is 0 Å². The van der Waals surface area contributed by atoms with Crippen LogP contribution in [0.15, 0.2) is 6.20 Å². The van der Waals surface area contributed by atoms with Crippen LogP contribution in [0.2, 0.25) is 0 Å². The summed E-state index contributed by atoms with van der Waals surface area (Å²) in [5.41, 5.74) is 1.10. The maximum atomic E-state index is 4.25. The zero-order valence-electron chi connectivity index (χ0n) is 9.58. The quantitative estimate of drug-likeness (QED) is 0.790. The maximum Gasteiger partial charge on any atom is 0.200 e. The van der Waals surface area contributed by atoms with Crippen molar-refractivity contribution < 1.29 is 0 Å². The number of aromatic amines is 1. The van der Waals surface area contributed by atoms with E-state index in [4.69, 9.17) is 0 Å². The molecule has 0 aliphatic carbocycles. The van der Waals surface area contributed by atoms with Gasteiger partial charge in [-0.3, -0.25) is 0 Å². The Bertz CT molecular complexity index is 301. The van der Waals surface area contributed by atoms with Crippen LogP contribution < -0.4 is 5.32 Å². The predicted octanol–water partition coefficient (Wildman–Crippen LogP) is 1.61. The zero-order chi connectivity index (χ0) is 10.7. The lowest BCUT2D eigenvalue weighted by molar-refractivity contribution is 0.327. The Morgan fingerprint density at radius 3 is 2.87 bits per heavy atom. The highest BCUT2D eigenvalue weighted by atomic mass is 15.2. The molecule has 2 N–H and O–H groups in total. The lowest BCUT2D eigenvalue weighted by Gasteiger charge is -2.20. The Labute approximate surface area is 91.1 Å². The normalized spacial score (nSPS) is 19.3. The molecular formula is C11H20N4. The molecule has 1 atom stereocenters. The highest BCUT2D eigenvalue weighted by molar-refractivity contribution is 5.27. The first-order valence-corrected chi connectivity index (χ1v) is 5.74. The molecule has 4 heteroatoms. The highest BCUT2D eigenvalue weighted by Gasteiger charge is 2.14. The topological polar surface area (TPSA) is 44.0 Å². The third-order valence-corrected chi connectivity index (χ3v) is 2.82. The van der Waals surface area contributed by atoms with Gasteiger partial charge >= 0.3 is 0 Å². The number of anilines is 1. The number of likely N-dealkylation sites (tertiary alicyclic amines) is 1. The van der Waals surface area contributed by atoms with Crippen LogP contribution in [0.1, 0.15) is 25.5 Å². The summed E-state index contributed by atoms with van der Waals surface area (Å²) in [5, 5.41) is 3.38. The fraction of sp³-hybridized carbons (Fsp3) is 0.727. The average molecular weight is 208 g/mol. The Morgan fingerprint density at radius 2 is 2.27 bits per heavy atom. The van der Waals surface area contributed by atoms with Crippen LogP contribution in [0.3, 0.4) is 0 Å². The van der Waals surface area contributed by atoms with Gasteiger partial charge in [0.05, 0.1) is 0 Å². The van der Waals surface area contributed by atoms with E-state index in [1.165, 1.54) is 25.9 Å². The lowest BCUT2D eigenvalue weighted by atomic mass is 10.3. The molecule has 15 heavy (non-hydrogen) atoms. The molecule has 1 unspecified atom stereocenters. The monoisotopic (exact) mass is 208 g/mol. The van der Waals surface area contributed by atoms with Gasteiger partial charge in [-0.15, -0.1) is 0 Å². The molecule has 1 aromatic rings. The third-order valence-electron chi connectivity index (χ3n) is 2.82. The van der Waals surface area contributed by atoms with Crippen LogP contribution in [0.5, 0.6) is 0 Å². The number of nitrogens with one attached hydrogen (secondary N) is 2. The van der Waals surface area contributed by atoms with Crippen molar-refractivity contribution >= 4 is 5.95 Å². The molecule has 0 radical (unpaired) electrons. The summed E-state index contributed by atoms with van der Waals surface area (Å²) < 4.78 is 0. The summed E-state index contributed by atoms with van der Waals surface area (Å²) in [6, 6.07) is 0.452. The van der Waals surface area contributed by atoms with Crippen molar-refractivity contribution in [2.24, 2.45) is 0 Å². The molecule has 1 saturated heterocycles. The van der Waals surface area contributed by atoms with Gasteiger partial charge in [0.15, 0.2) is 0 Å². The Morgan fingerprint density at radius 1 is 1.53 bits per heavy atom. The molecule has 0 amide bonds. The van der Waals surface area contributed by atoms with Crippen molar-refractivity contribution in [2.75, 3.05) is 25.0 Å². The van der Waals surface area contributed by atoms with E-state index in [1.807, 2.05) is 13.1 Å². The van der Waals surface area contributed by atoms with Crippen molar-refractivity contribution in [1.82, 2.24) is 14.9 Å². The number of hydrogen-bond donors (Lipinski definition) is 2. The Kier molecular flexibility index (Phi) is 3.26. The summed E-state index contributed by atoms with van der Waals surface area (Å²) in [7, 11) is 0. The van der Waals surface area contributed by atoms with E-state index in [0.29, 0.717) is 6.04 Å². The van der Waals surface area contributed by atoms with Crippen molar-refractivity contribution in [3.63, 3.8) is 0 Å². The van der Waals surface area contributed by atoms with E-state index in [-0.39, 0.29) is 0 Å². The predicted molar refractivity (Wildman–Crippen MR) is 62.1 cm³/mol.